The number of aromatic nitrogens is 1. The van der Waals surface area contributed by atoms with E-state index in [4.69, 9.17) is 4.42 Å². The lowest BCUT2D eigenvalue weighted by Gasteiger charge is -1.98. The molecule has 1 aromatic carbocycles. The zero-order valence-electron chi connectivity index (χ0n) is 7.90. The Morgan fingerprint density at radius 2 is 2.27 bits per heavy atom. The Hall–Kier alpha value is -2.04. The van der Waals surface area contributed by atoms with Crippen LogP contribution in [0.3, 0.4) is 0 Å². The monoisotopic (exact) mass is 206 g/mol. The fraction of sp³-hybridized carbons (Fsp3) is 0.100. The van der Waals surface area contributed by atoms with Crippen molar-refractivity contribution in [1.29, 1.82) is 0 Å². The van der Waals surface area contributed by atoms with Crippen molar-refractivity contribution in [1.82, 2.24) is 4.98 Å². The van der Waals surface area contributed by atoms with Gasteiger partial charge >= 0.3 is 0 Å². The molecule has 0 aliphatic rings. The van der Waals surface area contributed by atoms with Gasteiger partial charge in [0.25, 0.3) is 0 Å². The van der Waals surface area contributed by atoms with E-state index in [0.29, 0.717) is 11.7 Å². The Labute approximate surface area is 84.7 Å². The summed E-state index contributed by atoms with van der Waals surface area (Å²) in [6.45, 7) is 1.67. The smallest absolute Gasteiger partial charge is 0.191 e. The lowest BCUT2D eigenvalue weighted by molar-refractivity contribution is 0.528. The van der Waals surface area contributed by atoms with Crippen LogP contribution in [0.15, 0.2) is 34.0 Å². The highest BCUT2D eigenvalue weighted by Crippen LogP contribution is 2.26. The minimum atomic E-state index is -0.553. The molecular formula is C10H7FN2O2. The van der Waals surface area contributed by atoms with Crippen LogP contribution in [0, 0.1) is 17.6 Å². The first kappa shape index (κ1) is 9.51. The Kier molecular flexibility index (Phi) is 2.29. The molecule has 0 N–H and O–H groups in total. The first-order valence-corrected chi connectivity index (χ1v) is 4.26. The lowest BCUT2D eigenvalue weighted by Crippen LogP contribution is -1.81. The molecule has 0 radical (unpaired) electrons. The van der Waals surface area contributed by atoms with Gasteiger partial charge in [-0.2, -0.15) is 0 Å². The quantitative estimate of drug-likeness (QED) is 0.709. The fourth-order valence-electron chi connectivity index (χ4n) is 1.25. The largest absolute Gasteiger partial charge is 0.441 e. The SMILES string of the molecule is Cc1ncc(-c2ccc(N=O)cc2F)o1. The van der Waals surface area contributed by atoms with Crippen molar-refractivity contribution in [2.45, 2.75) is 6.92 Å². The Balaban J connectivity index is 2.49. The maximum Gasteiger partial charge on any atom is 0.191 e. The number of benzene rings is 1. The van der Waals surface area contributed by atoms with Crippen molar-refractivity contribution in [2.24, 2.45) is 5.18 Å². The van der Waals surface area contributed by atoms with Gasteiger partial charge < -0.3 is 4.42 Å². The molecule has 0 aliphatic carbocycles. The molecule has 0 spiro atoms. The van der Waals surface area contributed by atoms with Gasteiger partial charge in [-0.05, 0) is 17.3 Å². The number of hydrogen-bond donors (Lipinski definition) is 0. The molecule has 0 saturated carbocycles. The summed E-state index contributed by atoms with van der Waals surface area (Å²) in [6, 6.07) is 3.91. The Morgan fingerprint density at radius 1 is 1.47 bits per heavy atom. The molecule has 0 bridgehead atoms. The summed E-state index contributed by atoms with van der Waals surface area (Å²) in [6.07, 6.45) is 1.43. The molecule has 2 rings (SSSR count). The molecule has 15 heavy (non-hydrogen) atoms. The minimum Gasteiger partial charge on any atom is -0.441 e. The van der Waals surface area contributed by atoms with E-state index in [2.05, 4.69) is 10.2 Å². The molecule has 0 saturated heterocycles. The summed E-state index contributed by atoms with van der Waals surface area (Å²) in [5.74, 6) is 0.243. The van der Waals surface area contributed by atoms with Gasteiger partial charge in [-0.25, -0.2) is 9.37 Å². The van der Waals surface area contributed by atoms with E-state index in [1.807, 2.05) is 0 Å². The molecule has 0 unspecified atom stereocenters. The molecule has 2 aromatic rings. The number of aryl methyl sites for hydroxylation is 1. The number of oxazole rings is 1. The molecule has 0 atom stereocenters. The Bertz CT molecular complexity index is 508. The summed E-state index contributed by atoms with van der Waals surface area (Å²) in [7, 11) is 0. The van der Waals surface area contributed by atoms with Gasteiger partial charge in [0.2, 0.25) is 0 Å². The number of rotatable bonds is 2. The predicted octanol–water partition coefficient (Wildman–Crippen LogP) is 3.19. The molecule has 1 aromatic heterocycles. The zero-order chi connectivity index (χ0) is 10.8. The maximum atomic E-state index is 13.4. The van der Waals surface area contributed by atoms with Gasteiger partial charge in [-0.1, -0.05) is 0 Å². The van der Waals surface area contributed by atoms with Crippen LogP contribution in [-0.2, 0) is 0 Å². The van der Waals surface area contributed by atoms with E-state index < -0.39 is 5.82 Å². The first-order valence-electron chi connectivity index (χ1n) is 4.26. The summed E-state index contributed by atoms with van der Waals surface area (Å²) < 4.78 is 18.6. The molecule has 76 valence electrons. The van der Waals surface area contributed by atoms with Crippen molar-refractivity contribution in [2.75, 3.05) is 0 Å². The van der Waals surface area contributed by atoms with Gasteiger partial charge in [0.1, 0.15) is 11.5 Å². The summed E-state index contributed by atoms with van der Waals surface area (Å²) in [4.78, 5) is 14.0. The second-order valence-corrected chi connectivity index (χ2v) is 3.00. The normalized spacial score (nSPS) is 10.3. The van der Waals surface area contributed by atoms with Crippen molar-refractivity contribution >= 4 is 5.69 Å². The molecule has 4 nitrogen and oxygen atoms in total. The predicted molar refractivity (Wildman–Crippen MR) is 52.1 cm³/mol. The number of halogens is 1. The zero-order valence-corrected chi connectivity index (χ0v) is 7.90. The Morgan fingerprint density at radius 3 is 2.80 bits per heavy atom. The van der Waals surface area contributed by atoms with E-state index in [9.17, 15) is 9.30 Å². The summed E-state index contributed by atoms with van der Waals surface area (Å²) in [5.41, 5.74) is 0.315. The third-order valence-electron chi connectivity index (χ3n) is 1.94. The van der Waals surface area contributed by atoms with E-state index >= 15 is 0 Å². The van der Waals surface area contributed by atoms with Crippen LogP contribution in [0.5, 0.6) is 0 Å². The van der Waals surface area contributed by atoms with Gasteiger partial charge in [0.05, 0.1) is 11.8 Å². The number of nitroso groups, excluding NO2 is 1. The second kappa shape index (κ2) is 3.61. The van der Waals surface area contributed by atoms with Gasteiger partial charge in [-0.15, -0.1) is 4.91 Å². The van der Waals surface area contributed by atoms with Crippen LogP contribution in [0.1, 0.15) is 5.89 Å². The van der Waals surface area contributed by atoms with E-state index in [1.54, 1.807) is 6.92 Å². The van der Waals surface area contributed by atoms with Crippen LogP contribution in [0.2, 0.25) is 0 Å². The molecule has 0 amide bonds. The standard InChI is InChI=1S/C10H7FN2O2/c1-6-12-5-10(15-6)8-3-2-7(13-14)4-9(8)11/h2-5H,1H3. The van der Waals surface area contributed by atoms with Crippen molar-refractivity contribution in [3.63, 3.8) is 0 Å². The van der Waals surface area contributed by atoms with Crippen LogP contribution in [-0.4, -0.2) is 4.98 Å². The van der Waals surface area contributed by atoms with Crippen LogP contribution in [0.4, 0.5) is 10.1 Å². The molecule has 5 heteroatoms. The molecular weight excluding hydrogens is 199 g/mol. The third kappa shape index (κ3) is 1.76. The highest BCUT2D eigenvalue weighted by molar-refractivity contribution is 5.60. The van der Waals surface area contributed by atoms with Crippen molar-refractivity contribution < 1.29 is 8.81 Å². The lowest BCUT2D eigenvalue weighted by atomic mass is 10.1. The van der Waals surface area contributed by atoms with E-state index in [-0.39, 0.29) is 11.3 Å². The summed E-state index contributed by atoms with van der Waals surface area (Å²) >= 11 is 0. The molecule has 0 aliphatic heterocycles. The average Bonchev–Trinajstić information content (AvgIpc) is 2.64. The number of hydrogen-bond acceptors (Lipinski definition) is 4. The minimum absolute atomic E-state index is 0.0486. The van der Waals surface area contributed by atoms with E-state index in [0.717, 1.165) is 6.07 Å². The number of nitrogens with zero attached hydrogens (tertiary/aromatic N) is 2. The fourth-order valence-corrected chi connectivity index (χ4v) is 1.25. The molecule has 1 heterocycles. The topological polar surface area (TPSA) is 55.5 Å². The third-order valence-corrected chi connectivity index (χ3v) is 1.94. The van der Waals surface area contributed by atoms with Crippen LogP contribution >= 0.6 is 0 Å². The maximum absolute atomic E-state index is 13.4. The first-order chi connectivity index (χ1) is 7.20. The van der Waals surface area contributed by atoms with Crippen LogP contribution in [0.25, 0.3) is 11.3 Å². The van der Waals surface area contributed by atoms with E-state index in [1.165, 1.54) is 18.3 Å². The van der Waals surface area contributed by atoms with Gasteiger partial charge in [0.15, 0.2) is 11.7 Å². The van der Waals surface area contributed by atoms with Crippen molar-refractivity contribution in [3.05, 3.63) is 41.0 Å². The van der Waals surface area contributed by atoms with Crippen molar-refractivity contribution in [3.8, 4) is 11.3 Å². The highest BCUT2D eigenvalue weighted by Gasteiger charge is 2.10. The average molecular weight is 206 g/mol. The molecule has 0 fully saturated rings. The van der Waals surface area contributed by atoms with Crippen LogP contribution < -0.4 is 0 Å². The highest BCUT2D eigenvalue weighted by atomic mass is 19.1. The van der Waals surface area contributed by atoms with Gasteiger partial charge in [-0.3, -0.25) is 0 Å². The summed E-state index contributed by atoms with van der Waals surface area (Å²) in [5, 5.41) is 2.64. The second-order valence-electron chi connectivity index (χ2n) is 3.00. The van der Waals surface area contributed by atoms with Gasteiger partial charge in [0, 0.05) is 13.0 Å².